The number of aromatic nitrogens is 2. The maximum Gasteiger partial charge on any atom is 0.303 e. The van der Waals surface area contributed by atoms with Gasteiger partial charge < -0.3 is 5.11 Å². The van der Waals surface area contributed by atoms with Gasteiger partial charge in [0.15, 0.2) is 11.6 Å². The second-order valence-electron chi connectivity index (χ2n) is 4.81. The van der Waals surface area contributed by atoms with Crippen molar-refractivity contribution in [1.82, 2.24) is 9.55 Å². The number of nitrogens with zero attached hydrogens (tertiary/aromatic N) is 2. The fourth-order valence-corrected chi connectivity index (χ4v) is 2.18. The van der Waals surface area contributed by atoms with Crippen LogP contribution in [-0.4, -0.2) is 32.3 Å². The summed E-state index contributed by atoms with van der Waals surface area (Å²) in [4.78, 5) is 38.6. The summed E-state index contributed by atoms with van der Waals surface area (Å²) in [5, 5.41) is 8.58. The molecular formula is C15H16N2O4. The van der Waals surface area contributed by atoms with Crippen molar-refractivity contribution in [2.24, 2.45) is 0 Å². The van der Waals surface area contributed by atoms with Crippen LogP contribution >= 0.6 is 0 Å². The lowest BCUT2D eigenvalue weighted by molar-refractivity contribution is -0.137. The highest BCUT2D eigenvalue weighted by Gasteiger charge is 2.19. The smallest absolute Gasteiger partial charge is 0.303 e. The molecular weight excluding hydrogens is 272 g/mol. The number of para-hydroxylation sites is 2. The number of Topliss-reactive ketones (excluding diaryl/α,β-unsaturated/α-hetero) is 1. The number of ketones is 1. The van der Waals surface area contributed by atoms with Gasteiger partial charge in [-0.3, -0.25) is 19.0 Å². The van der Waals surface area contributed by atoms with Crippen LogP contribution in [0.2, 0.25) is 0 Å². The lowest BCUT2D eigenvalue weighted by atomic mass is 10.2. The van der Waals surface area contributed by atoms with Gasteiger partial charge in [0.25, 0.3) is 0 Å². The van der Waals surface area contributed by atoms with Gasteiger partial charge in [-0.15, -0.1) is 0 Å². The van der Waals surface area contributed by atoms with Crippen molar-refractivity contribution in [2.75, 3.05) is 0 Å². The number of unbranched alkanes of at least 4 members (excludes halogenated alkanes) is 1. The van der Waals surface area contributed by atoms with Crippen molar-refractivity contribution >= 4 is 28.7 Å². The minimum atomic E-state index is -0.875. The first-order valence-corrected chi connectivity index (χ1v) is 6.74. The summed E-state index contributed by atoms with van der Waals surface area (Å²) in [6.07, 6.45) is 1.13. The molecule has 0 aliphatic carbocycles. The summed E-state index contributed by atoms with van der Waals surface area (Å²) in [6.45, 7) is 1.37. The number of fused-ring (bicyclic) bond motifs is 1. The zero-order valence-electron chi connectivity index (χ0n) is 11.7. The number of aliphatic carboxylic acids is 1. The fraction of sp³-hybridized carbons (Fsp3) is 0.333. The van der Waals surface area contributed by atoms with Gasteiger partial charge >= 0.3 is 5.97 Å². The third-order valence-corrected chi connectivity index (χ3v) is 3.16. The molecule has 0 fully saturated rings. The Morgan fingerprint density at radius 3 is 2.48 bits per heavy atom. The predicted octanol–water partition coefficient (Wildman–Crippen LogP) is 2.52. The fourth-order valence-electron chi connectivity index (χ4n) is 2.18. The highest BCUT2D eigenvalue weighted by atomic mass is 16.4. The van der Waals surface area contributed by atoms with Crippen molar-refractivity contribution in [3.63, 3.8) is 0 Å². The lowest BCUT2D eigenvalue weighted by Gasteiger charge is -2.05. The van der Waals surface area contributed by atoms with Gasteiger partial charge in [0.05, 0.1) is 11.0 Å². The molecule has 0 aliphatic heterocycles. The second-order valence-corrected chi connectivity index (χ2v) is 4.81. The molecule has 110 valence electrons. The number of carbonyl (C=O) groups excluding carboxylic acids is 2. The van der Waals surface area contributed by atoms with Gasteiger partial charge in [-0.25, -0.2) is 4.98 Å². The summed E-state index contributed by atoms with van der Waals surface area (Å²) in [5.74, 6) is -1.26. The molecule has 0 unspecified atom stereocenters. The van der Waals surface area contributed by atoms with Gasteiger partial charge in [-0.2, -0.15) is 0 Å². The van der Waals surface area contributed by atoms with E-state index >= 15 is 0 Å². The molecule has 1 N–H and O–H groups in total. The standard InChI is InChI=1S/C15H16N2O4/c1-10(18)15-16-11-6-2-3-7-12(11)17(15)13(19)8-4-5-9-14(20)21/h2-3,6-7H,4-5,8-9H2,1H3,(H,20,21). The number of carboxylic acids is 1. The zero-order valence-corrected chi connectivity index (χ0v) is 11.7. The summed E-state index contributed by atoms with van der Waals surface area (Å²) in [5.41, 5.74) is 1.20. The molecule has 6 nitrogen and oxygen atoms in total. The van der Waals surface area contributed by atoms with E-state index in [1.54, 1.807) is 24.3 Å². The average molecular weight is 288 g/mol. The van der Waals surface area contributed by atoms with Gasteiger partial charge in [0.1, 0.15) is 0 Å². The molecule has 0 atom stereocenters. The van der Waals surface area contributed by atoms with E-state index in [1.165, 1.54) is 11.5 Å². The van der Waals surface area contributed by atoms with E-state index in [0.717, 1.165) is 0 Å². The highest BCUT2D eigenvalue weighted by molar-refractivity contribution is 6.01. The van der Waals surface area contributed by atoms with E-state index in [0.29, 0.717) is 23.9 Å². The third-order valence-electron chi connectivity index (χ3n) is 3.16. The predicted molar refractivity (Wildman–Crippen MR) is 76.5 cm³/mol. The van der Waals surface area contributed by atoms with E-state index in [4.69, 9.17) is 5.11 Å². The SMILES string of the molecule is CC(=O)c1nc2ccccc2n1C(=O)CCCCC(=O)O. The Hall–Kier alpha value is -2.50. The Morgan fingerprint density at radius 2 is 1.81 bits per heavy atom. The van der Waals surface area contributed by atoms with E-state index in [1.807, 2.05) is 0 Å². The van der Waals surface area contributed by atoms with Gasteiger partial charge in [-0.1, -0.05) is 12.1 Å². The summed E-state index contributed by atoms with van der Waals surface area (Å²) in [6, 6.07) is 7.06. The molecule has 21 heavy (non-hydrogen) atoms. The molecule has 2 rings (SSSR count). The van der Waals surface area contributed by atoms with E-state index in [2.05, 4.69) is 4.98 Å². The second kappa shape index (κ2) is 6.30. The number of hydrogen-bond acceptors (Lipinski definition) is 4. The van der Waals surface area contributed by atoms with Crippen LogP contribution in [0.1, 0.15) is 48.0 Å². The number of carbonyl (C=O) groups is 3. The number of rotatable bonds is 6. The Labute approximate surface area is 121 Å². The molecule has 0 saturated heterocycles. The van der Waals surface area contributed by atoms with Gasteiger partial charge in [0, 0.05) is 19.8 Å². The van der Waals surface area contributed by atoms with Crippen LogP contribution in [0, 0.1) is 0 Å². The van der Waals surface area contributed by atoms with Crippen molar-refractivity contribution in [3.05, 3.63) is 30.1 Å². The maximum atomic E-state index is 12.3. The van der Waals surface area contributed by atoms with Crippen LogP contribution in [0.4, 0.5) is 0 Å². The minimum Gasteiger partial charge on any atom is -0.481 e. The van der Waals surface area contributed by atoms with Crippen molar-refractivity contribution in [2.45, 2.75) is 32.6 Å². The van der Waals surface area contributed by atoms with E-state index in [9.17, 15) is 14.4 Å². The molecule has 0 radical (unpaired) electrons. The highest BCUT2D eigenvalue weighted by Crippen LogP contribution is 2.18. The molecule has 1 aromatic heterocycles. The van der Waals surface area contributed by atoms with Crippen LogP contribution < -0.4 is 0 Å². The molecule has 6 heteroatoms. The third kappa shape index (κ3) is 3.34. The van der Waals surface area contributed by atoms with Crippen LogP contribution in [0.25, 0.3) is 11.0 Å². The Balaban J connectivity index is 2.23. The number of benzene rings is 1. The van der Waals surface area contributed by atoms with Crippen molar-refractivity contribution < 1.29 is 19.5 Å². The molecule has 0 spiro atoms. The summed E-state index contributed by atoms with van der Waals surface area (Å²) < 4.78 is 1.33. The Bertz CT molecular complexity index is 703. The van der Waals surface area contributed by atoms with Crippen molar-refractivity contribution in [1.29, 1.82) is 0 Å². The molecule has 2 aromatic rings. The topological polar surface area (TPSA) is 89.3 Å². The summed E-state index contributed by atoms with van der Waals surface area (Å²) >= 11 is 0. The quantitative estimate of drug-likeness (QED) is 0.651. The van der Waals surface area contributed by atoms with Crippen LogP contribution in [-0.2, 0) is 4.79 Å². The normalized spacial score (nSPS) is 10.7. The summed E-state index contributed by atoms with van der Waals surface area (Å²) in [7, 11) is 0. The molecule has 1 aromatic carbocycles. The Kier molecular flexibility index (Phi) is 4.47. The van der Waals surface area contributed by atoms with Crippen LogP contribution in [0.5, 0.6) is 0 Å². The Morgan fingerprint density at radius 1 is 1.14 bits per heavy atom. The van der Waals surface area contributed by atoms with E-state index < -0.39 is 5.97 Å². The van der Waals surface area contributed by atoms with Crippen molar-refractivity contribution in [3.8, 4) is 0 Å². The maximum absolute atomic E-state index is 12.3. The molecule has 0 amide bonds. The number of imidazole rings is 1. The molecule has 0 aliphatic rings. The first-order chi connectivity index (χ1) is 10.0. The van der Waals surface area contributed by atoms with E-state index in [-0.39, 0.29) is 30.4 Å². The molecule has 1 heterocycles. The number of carboxylic acid groups (broad SMARTS) is 1. The average Bonchev–Trinajstić information content (AvgIpc) is 2.83. The zero-order chi connectivity index (χ0) is 15.4. The van der Waals surface area contributed by atoms with Gasteiger partial charge in [0.2, 0.25) is 5.91 Å². The first kappa shape index (κ1) is 14.9. The minimum absolute atomic E-state index is 0.0392. The number of hydrogen-bond donors (Lipinski definition) is 1. The largest absolute Gasteiger partial charge is 0.481 e. The first-order valence-electron chi connectivity index (χ1n) is 6.74. The molecule has 0 saturated carbocycles. The van der Waals surface area contributed by atoms with Gasteiger partial charge in [-0.05, 0) is 25.0 Å². The van der Waals surface area contributed by atoms with Crippen LogP contribution in [0.15, 0.2) is 24.3 Å². The molecule has 0 bridgehead atoms. The monoisotopic (exact) mass is 288 g/mol. The van der Waals surface area contributed by atoms with Crippen LogP contribution in [0.3, 0.4) is 0 Å². The lowest BCUT2D eigenvalue weighted by Crippen LogP contribution is -2.16.